The van der Waals surface area contributed by atoms with Crippen LogP contribution in [0.15, 0.2) is 0 Å². The Morgan fingerprint density at radius 2 is 2.00 bits per heavy atom. The summed E-state index contributed by atoms with van der Waals surface area (Å²) >= 11 is 0. The van der Waals surface area contributed by atoms with Crippen molar-refractivity contribution >= 4 is 5.82 Å². The minimum atomic E-state index is -0.0330. The first-order valence-corrected chi connectivity index (χ1v) is 7.76. The van der Waals surface area contributed by atoms with E-state index in [9.17, 15) is 0 Å². The Hall–Kier alpha value is -1.10. The predicted molar refractivity (Wildman–Crippen MR) is 78.6 cm³/mol. The zero-order chi connectivity index (χ0) is 14.4. The van der Waals surface area contributed by atoms with Gasteiger partial charge in [-0.3, -0.25) is 0 Å². The summed E-state index contributed by atoms with van der Waals surface area (Å²) in [6.07, 6.45) is 7.03. The lowest BCUT2D eigenvalue weighted by Crippen LogP contribution is -2.39. The van der Waals surface area contributed by atoms with Gasteiger partial charge >= 0.3 is 0 Å². The number of nitrogen functional groups attached to an aromatic ring is 1. The van der Waals surface area contributed by atoms with Crippen LogP contribution in [-0.4, -0.2) is 27.2 Å². The Bertz CT molecular complexity index is 483. The number of hydrogen-bond donors (Lipinski definition) is 1. The van der Waals surface area contributed by atoms with Gasteiger partial charge < -0.3 is 10.5 Å². The maximum absolute atomic E-state index is 6.12. The predicted octanol–water partition coefficient (Wildman–Crippen LogP) is 2.82. The van der Waals surface area contributed by atoms with Gasteiger partial charge in [-0.2, -0.15) is 0 Å². The van der Waals surface area contributed by atoms with Crippen molar-refractivity contribution in [1.82, 2.24) is 15.0 Å². The molecule has 0 bridgehead atoms. The zero-order valence-electron chi connectivity index (χ0n) is 12.9. The Morgan fingerprint density at radius 1 is 1.30 bits per heavy atom. The van der Waals surface area contributed by atoms with Crippen LogP contribution in [0.5, 0.6) is 0 Å². The molecule has 1 saturated heterocycles. The molecule has 3 rings (SSSR count). The van der Waals surface area contributed by atoms with Gasteiger partial charge in [0, 0.05) is 12.0 Å². The molecule has 5 heteroatoms. The smallest absolute Gasteiger partial charge is 0.169 e. The van der Waals surface area contributed by atoms with Crippen LogP contribution < -0.4 is 5.73 Å². The molecule has 1 aromatic heterocycles. The van der Waals surface area contributed by atoms with E-state index >= 15 is 0 Å². The lowest BCUT2D eigenvalue weighted by atomic mass is 9.87. The number of nitrogens with zero attached hydrogens (tertiary/aromatic N) is 3. The Labute approximate surface area is 120 Å². The summed E-state index contributed by atoms with van der Waals surface area (Å²) in [7, 11) is 0. The summed E-state index contributed by atoms with van der Waals surface area (Å²) in [6.45, 7) is 7.34. The van der Waals surface area contributed by atoms with Gasteiger partial charge in [-0.05, 0) is 25.7 Å². The molecule has 2 aliphatic rings. The number of nitrogens with two attached hydrogens (primary N) is 1. The number of hydrogen-bond acceptors (Lipinski definition) is 4. The van der Waals surface area contributed by atoms with Crippen LogP contribution in [0.3, 0.4) is 0 Å². The fourth-order valence-corrected chi connectivity index (χ4v) is 3.87. The fourth-order valence-electron chi connectivity index (χ4n) is 3.87. The fraction of sp³-hybridized carbons (Fsp3) is 0.867. The summed E-state index contributed by atoms with van der Waals surface area (Å²) in [6, 6.07) is 0.376. The van der Waals surface area contributed by atoms with E-state index in [1.165, 1.54) is 25.7 Å². The van der Waals surface area contributed by atoms with Crippen LogP contribution in [0, 0.1) is 0 Å². The van der Waals surface area contributed by atoms with Crippen molar-refractivity contribution in [1.29, 1.82) is 0 Å². The normalized spacial score (nSPS) is 26.2. The van der Waals surface area contributed by atoms with Crippen molar-refractivity contribution in [3.8, 4) is 0 Å². The molecule has 1 aliphatic carbocycles. The average Bonchev–Trinajstić information content (AvgIpc) is 2.96. The molecule has 1 aliphatic heterocycles. The maximum atomic E-state index is 6.12. The highest BCUT2D eigenvalue weighted by Gasteiger charge is 2.42. The van der Waals surface area contributed by atoms with E-state index in [0.717, 1.165) is 25.1 Å². The summed E-state index contributed by atoms with van der Waals surface area (Å²) in [5, 5.41) is 8.47. The molecule has 112 valence electrons. The first-order chi connectivity index (χ1) is 9.41. The first-order valence-electron chi connectivity index (χ1n) is 7.76. The minimum absolute atomic E-state index is 0.0330. The SMILES string of the molecule is CC(C)(C)c1c(N)nnn1C1CCOC2(CCCC2)C1. The molecular formula is C15H26N4O. The van der Waals surface area contributed by atoms with Crippen molar-refractivity contribution in [3.63, 3.8) is 0 Å². The van der Waals surface area contributed by atoms with Crippen LogP contribution in [-0.2, 0) is 10.2 Å². The van der Waals surface area contributed by atoms with Gasteiger partial charge in [0.1, 0.15) is 0 Å². The summed E-state index contributed by atoms with van der Waals surface area (Å²) < 4.78 is 8.20. The summed E-state index contributed by atoms with van der Waals surface area (Å²) in [5.74, 6) is 0.574. The van der Waals surface area contributed by atoms with E-state index in [1.54, 1.807) is 0 Å². The van der Waals surface area contributed by atoms with E-state index in [2.05, 4.69) is 35.8 Å². The second kappa shape index (κ2) is 4.72. The number of ether oxygens (including phenoxy) is 1. The van der Waals surface area contributed by atoms with Crippen molar-refractivity contribution in [2.75, 3.05) is 12.3 Å². The molecule has 2 fully saturated rings. The van der Waals surface area contributed by atoms with Gasteiger partial charge in [0.15, 0.2) is 5.82 Å². The van der Waals surface area contributed by atoms with Gasteiger partial charge in [-0.15, -0.1) is 5.10 Å². The molecule has 5 nitrogen and oxygen atoms in total. The third-order valence-corrected chi connectivity index (χ3v) is 4.76. The van der Waals surface area contributed by atoms with Gasteiger partial charge in [-0.25, -0.2) is 4.68 Å². The molecule has 1 saturated carbocycles. The van der Waals surface area contributed by atoms with E-state index in [0.29, 0.717) is 11.9 Å². The van der Waals surface area contributed by atoms with Crippen LogP contribution in [0.1, 0.15) is 71.0 Å². The number of anilines is 1. The monoisotopic (exact) mass is 278 g/mol. The lowest BCUT2D eigenvalue weighted by molar-refractivity contribution is -0.0917. The maximum Gasteiger partial charge on any atom is 0.169 e. The molecular weight excluding hydrogens is 252 g/mol. The summed E-state index contributed by atoms with van der Waals surface area (Å²) in [4.78, 5) is 0. The molecule has 1 atom stereocenters. The highest BCUT2D eigenvalue weighted by molar-refractivity contribution is 5.38. The Balaban J connectivity index is 1.89. The van der Waals surface area contributed by atoms with E-state index in [4.69, 9.17) is 10.5 Å². The van der Waals surface area contributed by atoms with Gasteiger partial charge in [0.05, 0.1) is 17.3 Å². The van der Waals surface area contributed by atoms with Crippen molar-refractivity contribution in [2.45, 2.75) is 76.4 Å². The van der Waals surface area contributed by atoms with Crippen LogP contribution in [0.4, 0.5) is 5.82 Å². The molecule has 1 spiro atoms. The van der Waals surface area contributed by atoms with Crippen molar-refractivity contribution in [3.05, 3.63) is 5.69 Å². The van der Waals surface area contributed by atoms with E-state index in [-0.39, 0.29) is 11.0 Å². The third kappa shape index (κ3) is 2.32. The van der Waals surface area contributed by atoms with Crippen LogP contribution >= 0.6 is 0 Å². The number of rotatable bonds is 1. The van der Waals surface area contributed by atoms with Crippen LogP contribution in [0.2, 0.25) is 0 Å². The summed E-state index contributed by atoms with van der Waals surface area (Å²) in [5.41, 5.74) is 7.18. The first kappa shape index (κ1) is 13.9. The van der Waals surface area contributed by atoms with E-state index in [1.807, 2.05) is 0 Å². The highest BCUT2D eigenvalue weighted by Crippen LogP contribution is 2.44. The topological polar surface area (TPSA) is 66.0 Å². The van der Waals surface area contributed by atoms with Gasteiger partial charge in [0.25, 0.3) is 0 Å². The second-order valence-corrected chi connectivity index (χ2v) is 7.40. The molecule has 20 heavy (non-hydrogen) atoms. The Kier molecular flexibility index (Phi) is 3.27. The highest BCUT2D eigenvalue weighted by atomic mass is 16.5. The van der Waals surface area contributed by atoms with Gasteiger partial charge in [0.2, 0.25) is 0 Å². The van der Waals surface area contributed by atoms with Crippen molar-refractivity contribution in [2.24, 2.45) is 0 Å². The molecule has 1 unspecified atom stereocenters. The number of aromatic nitrogens is 3. The van der Waals surface area contributed by atoms with Crippen molar-refractivity contribution < 1.29 is 4.74 Å². The van der Waals surface area contributed by atoms with Crippen LogP contribution in [0.25, 0.3) is 0 Å². The third-order valence-electron chi connectivity index (χ3n) is 4.76. The lowest BCUT2D eigenvalue weighted by Gasteiger charge is -2.39. The molecule has 0 amide bonds. The zero-order valence-corrected chi connectivity index (χ0v) is 12.9. The second-order valence-electron chi connectivity index (χ2n) is 7.40. The molecule has 2 heterocycles. The largest absolute Gasteiger partial charge is 0.381 e. The van der Waals surface area contributed by atoms with Gasteiger partial charge in [-0.1, -0.05) is 38.8 Å². The standard InChI is InChI=1S/C15H26N4O/c1-14(2,3)12-13(16)17-18-19(12)11-6-9-20-15(10-11)7-4-5-8-15/h11H,4-10,16H2,1-3H3. The quantitative estimate of drug-likeness (QED) is 0.858. The average molecular weight is 278 g/mol. The minimum Gasteiger partial charge on any atom is -0.381 e. The molecule has 0 aromatic carbocycles. The molecule has 2 N–H and O–H groups in total. The molecule has 0 radical (unpaired) electrons. The Morgan fingerprint density at radius 3 is 2.65 bits per heavy atom. The molecule has 1 aromatic rings. The van der Waals surface area contributed by atoms with E-state index < -0.39 is 0 Å².